The highest BCUT2D eigenvalue weighted by molar-refractivity contribution is 6.30. The smallest absolute Gasteiger partial charge is 0.315 e. The van der Waals surface area contributed by atoms with Crippen molar-refractivity contribution >= 4 is 17.6 Å². The highest BCUT2D eigenvalue weighted by atomic mass is 35.5. The SMILES string of the molecule is CN1CCC(N2CCC(NC(=O)NCC(O)Cc3cccc(Cl)c3)C2)CC1. The summed E-state index contributed by atoms with van der Waals surface area (Å²) >= 11 is 5.96. The van der Waals surface area contributed by atoms with E-state index in [1.807, 2.05) is 18.2 Å². The number of nitrogens with zero attached hydrogens (tertiary/aromatic N) is 2. The van der Waals surface area contributed by atoms with Crippen LogP contribution >= 0.6 is 11.6 Å². The predicted molar refractivity (Wildman–Crippen MR) is 108 cm³/mol. The zero-order valence-corrected chi connectivity index (χ0v) is 16.8. The summed E-state index contributed by atoms with van der Waals surface area (Å²) in [5, 5.41) is 16.6. The fraction of sp³-hybridized carbons (Fsp3) is 0.650. The lowest BCUT2D eigenvalue weighted by molar-refractivity contribution is 0.141. The van der Waals surface area contributed by atoms with E-state index in [1.54, 1.807) is 6.07 Å². The topological polar surface area (TPSA) is 67.8 Å². The van der Waals surface area contributed by atoms with Gasteiger partial charge in [-0.15, -0.1) is 0 Å². The Morgan fingerprint density at radius 3 is 2.81 bits per heavy atom. The number of carbonyl (C=O) groups excluding carboxylic acids is 1. The summed E-state index contributed by atoms with van der Waals surface area (Å²) in [5.41, 5.74) is 0.960. The summed E-state index contributed by atoms with van der Waals surface area (Å²) < 4.78 is 0. The van der Waals surface area contributed by atoms with Gasteiger partial charge in [-0.05, 0) is 57.1 Å². The highest BCUT2D eigenvalue weighted by Gasteiger charge is 2.30. The van der Waals surface area contributed by atoms with Crippen molar-refractivity contribution in [2.75, 3.05) is 39.8 Å². The van der Waals surface area contributed by atoms with E-state index in [9.17, 15) is 9.90 Å². The van der Waals surface area contributed by atoms with Gasteiger partial charge < -0.3 is 20.6 Å². The molecule has 3 N–H and O–H groups in total. The molecule has 7 heteroatoms. The van der Waals surface area contributed by atoms with Crippen LogP contribution in [-0.2, 0) is 6.42 Å². The van der Waals surface area contributed by atoms with Crippen LogP contribution in [0.4, 0.5) is 4.79 Å². The normalized spacial score (nSPS) is 23.3. The Morgan fingerprint density at radius 2 is 2.07 bits per heavy atom. The highest BCUT2D eigenvalue weighted by Crippen LogP contribution is 2.20. The van der Waals surface area contributed by atoms with Crippen LogP contribution in [0.5, 0.6) is 0 Å². The van der Waals surface area contributed by atoms with Crippen molar-refractivity contribution in [1.29, 1.82) is 0 Å². The average Bonchev–Trinajstić information content (AvgIpc) is 3.09. The molecule has 27 heavy (non-hydrogen) atoms. The summed E-state index contributed by atoms with van der Waals surface area (Å²) in [6.45, 7) is 4.52. The van der Waals surface area contributed by atoms with E-state index in [0.29, 0.717) is 17.5 Å². The van der Waals surface area contributed by atoms with E-state index in [0.717, 1.165) is 38.2 Å². The number of rotatable bonds is 6. The van der Waals surface area contributed by atoms with Crippen molar-refractivity contribution in [3.63, 3.8) is 0 Å². The zero-order valence-electron chi connectivity index (χ0n) is 16.0. The Hall–Kier alpha value is -1.34. The molecule has 2 amide bonds. The summed E-state index contributed by atoms with van der Waals surface area (Å²) in [4.78, 5) is 17.1. The van der Waals surface area contributed by atoms with Crippen LogP contribution in [0.2, 0.25) is 5.02 Å². The molecule has 2 aliphatic rings. The number of urea groups is 1. The van der Waals surface area contributed by atoms with Crippen molar-refractivity contribution < 1.29 is 9.90 Å². The molecule has 0 aromatic heterocycles. The minimum Gasteiger partial charge on any atom is -0.391 e. The van der Waals surface area contributed by atoms with E-state index in [2.05, 4.69) is 27.5 Å². The second-order valence-corrected chi connectivity index (χ2v) is 8.29. The van der Waals surface area contributed by atoms with Crippen molar-refractivity contribution in [2.45, 2.75) is 43.9 Å². The first-order chi connectivity index (χ1) is 13.0. The van der Waals surface area contributed by atoms with E-state index < -0.39 is 6.10 Å². The number of likely N-dealkylation sites (tertiary alicyclic amines) is 2. The fourth-order valence-corrected chi connectivity index (χ4v) is 4.26. The van der Waals surface area contributed by atoms with Crippen LogP contribution in [0, 0.1) is 0 Å². The number of aliphatic hydroxyl groups excluding tert-OH is 1. The van der Waals surface area contributed by atoms with E-state index in [-0.39, 0.29) is 18.6 Å². The number of hydrogen-bond acceptors (Lipinski definition) is 4. The monoisotopic (exact) mass is 394 g/mol. The van der Waals surface area contributed by atoms with E-state index >= 15 is 0 Å². The zero-order chi connectivity index (χ0) is 19.2. The van der Waals surface area contributed by atoms with Gasteiger partial charge in [0.2, 0.25) is 0 Å². The van der Waals surface area contributed by atoms with Crippen LogP contribution in [0.15, 0.2) is 24.3 Å². The molecule has 2 unspecified atom stereocenters. The number of benzene rings is 1. The number of aliphatic hydroxyl groups is 1. The number of amides is 2. The van der Waals surface area contributed by atoms with Gasteiger partial charge in [0.25, 0.3) is 0 Å². The number of halogens is 1. The Morgan fingerprint density at radius 1 is 1.30 bits per heavy atom. The molecule has 0 spiro atoms. The molecule has 0 saturated carbocycles. The summed E-state index contributed by atoms with van der Waals surface area (Å²) in [7, 11) is 2.18. The number of piperidine rings is 1. The molecule has 2 atom stereocenters. The van der Waals surface area contributed by atoms with Gasteiger partial charge in [-0.3, -0.25) is 4.90 Å². The molecule has 2 fully saturated rings. The molecule has 1 aromatic carbocycles. The third-order valence-electron chi connectivity index (χ3n) is 5.62. The van der Waals surface area contributed by atoms with Gasteiger partial charge in [-0.2, -0.15) is 0 Å². The van der Waals surface area contributed by atoms with Gasteiger partial charge in [0.15, 0.2) is 0 Å². The summed E-state index contributed by atoms with van der Waals surface area (Å²) in [5.74, 6) is 0. The average molecular weight is 395 g/mol. The van der Waals surface area contributed by atoms with Crippen molar-refractivity contribution in [2.24, 2.45) is 0 Å². The van der Waals surface area contributed by atoms with Crippen molar-refractivity contribution in [3.8, 4) is 0 Å². The molecule has 150 valence electrons. The number of carbonyl (C=O) groups is 1. The van der Waals surface area contributed by atoms with Crippen LogP contribution < -0.4 is 10.6 Å². The van der Waals surface area contributed by atoms with E-state index in [1.165, 1.54) is 12.8 Å². The van der Waals surface area contributed by atoms with Crippen LogP contribution in [0.1, 0.15) is 24.8 Å². The van der Waals surface area contributed by atoms with Gasteiger partial charge in [0.1, 0.15) is 0 Å². The van der Waals surface area contributed by atoms with Gasteiger partial charge >= 0.3 is 6.03 Å². The second kappa shape index (κ2) is 9.73. The van der Waals surface area contributed by atoms with Crippen molar-refractivity contribution in [3.05, 3.63) is 34.9 Å². The minimum absolute atomic E-state index is 0.190. The maximum Gasteiger partial charge on any atom is 0.315 e. The fourth-order valence-electron chi connectivity index (χ4n) is 4.05. The second-order valence-electron chi connectivity index (χ2n) is 7.86. The van der Waals surface area contributed by atoms with Crippen LogP contribution in [0.3, 0.4) is 0 Å². The molecular weight excluding hydrogens is 364 g/mol. The first-order valence-corrected chi connectivity index (χ1v) is 10.3. The Balaban J connectivity index is 1.34. The van der Waals surface area contributed by atoms with Gasteiger partial charge in [-0.25, -0.2) is 4.79 Å². The van der Waals surface area contributed by atoms with Gasteiger partial charge in [0, 0.05) is 43.2 Å². The molecule has 2 aliphatic heterocycles. The molecule has 1 aromatic rings. The van der Waals surface area contributed by atoms with E-state index in [4.69, 9.17) is 11.6 Å². The quantitative estimate of drug-likeness (QED) is 0.687. The van der Waals surface area contributed by atoms with Crippen LogP contribution in [0.25, 0.3) is 0 Å². The molecule has 0 radical (unpaired) electrons. The molecule has 6 nitrogen and oxygen atoms in total. The lowest BCUT2D eigenvalue weighted by Crippen LogP contribution is -2.47. The third kappa shape index (κ3) is 6.35. The molecule has 2 saturated heterocycles. The van der Waals surface area contributed by atoms with Crippen molar-refractivity contribution in [1.82, 2.24) is 20.4 Å². The molecule has 3 rings (SSSR count). The van der Waals surface area contributed by atoms with Gasteiger partial charge in [0.05, 0.1) is 6.10 Å². The molecule has 0 bridgehead atoms. The van der Waals surface area contributed by atoms with Gasteiger partial charge in [-0.1, -0.05) is 23.7 Å². The molecule has 0 aliphatic carbocycles. The summed E-state index contributed by atoms with van der Waals surface area (Å²) in [6, 6.07) is 8.06. The lowest BCUT2D eigenvalue weighted by Gasteiger charge is -2.35. The van der Waals surface area contributed by atoms with Crippen LogP contribution in [-0.4, -0.2) is 78.9 Å². The minimum atomic E-state index is -0.631. The first kappa shape index (κ1) is 20.4. The molecular formula is C20H31ClN4O2. The Bertz CT molecular complexity index is 622. The lowest BCUT2D eigenvalue weighted by atomic mass is 10.0. The maximum atomic E-state index is 12.2. The largest absolute Gasteiger partial charge is 0.391 e. The molecule has 2 heterocycles. The Labute approximate surface area is 166 Å². The maximum absolute atomic E-state index is 12.2. The first-order valence-electron chi connectivity index (χ1n) is 9.89. The number of nitrogens with one attached hydrogen (secondary N) is 2. The Kier molecular flexibility index (Phi) is 7.35. The predicted octanol–water partition coefficient (Wildman–Crippen LogP) is 1.71. The third-order valence-corrected chi connectivity index (χ3v) is 5.85. The standard InChI is InChI=1S/C20H31ClN4O2/c1-24-8-6-18(7-9-24)25-10-5-17(14-25)23-20(27)22-13-19(26)12-15-3-2-4-16(21)11-15/h2-4,11,17-19,26H,5-10,12-14H2,1H3,(H2,22,23,27). The number of hydrogen-bond donors (Lipinski definition) is 3. The summed E-state index contributed by atoms with van der Waals surface area (Å²) in [6.07, 6.45) is 3.25.